The number of ether oxygens (including phenoxy) is 1. The van der Waals surface area contributed by atoms with E-state index in [1.807, 2.05) is 48.7 Å². The standard InChI is InChI=1S/C26H26N6O3/c33-23-14-24(31-9-11-35-12-10-31)28-25-20(5-2-6-21(23)25)22-16-32(30-29-22)15-17-3-1-4-18(13-17)26(34)27-19-7-8-19/h1-6,13-14,16,19H,7-12,15H2,(H,27,34)(H,28,33). The molecule has 1 saturated carbocycles. The average Bonchev–Trinajstić information content (AvgIpc) is 3.59. The van der Waals surface area contributed by atoms with E-state index in [1.54, 1.807) is 10.7 Å². The average molecular weight is 471 g/mol. The summed E-state index contributed by atoms with van der Waals surface area (Å²) < 4.78 is 7.19. The van der Waals surface area contributed by atoms with Crippen molar-refractivity contribution < 1.29 is 9.53 Å². The van der Waals surface area contributed by atoms with E-state index >= 15 is 0 Å². The molecule has 2 fully saturated rings. The number of nitrogens with one attached hydrogen (secondary N) is 2. The van der Waals surface area contributed by atoms with Crippen molar-refractivity contribution in [3.8, 4) is 11.3 Å². The molecule has 9 nitrogen and oxygen atoms in total. The van der Waals surface area contributed by atoms with Crippen LogP contribution in [0.4, 0.5) is 5.82 Å². The van der Waals surface area contributed by atoms with E-state index in [0.717, 1.165) is 48.4 Å². The Labute approximate surface area is 201 Å². The van der Waals surface area contributed by atoms with E-state index in [9.17, 15) is 9.59 Å². The molecular formula is C26H26N6O3. The molecule has 2 aliphatic rings. The first-order chi connectivity index (χ1) is 17.1. The Morgan fingerprint density at radius 3 is 2.77 bits per heavy atom. The zero-order valence-electron chi connectivity index (χ0n) is 19.2. The first-order valence-electron chi connectivity index (χ1n) is 11.9. The third-order valence-electron chi connectivity index (χ3n) is 6.46. The number of nitrogens with zero attached hydrogens (tertiary/aromatic N) is 4. The first-order valence-corrected chi connectivity index (χ1v) is 11.9. The van der Waals surface area contributed by atoms with E-state index in [4.69, 9.17) is 4.74 Å². The minimum absolute atomic E-state index is 0.0317. The highest BCUT2D eigenvalue weighted by atomic mass is 16.5. The van der Waals surface area contributed by atoms with Gasteiger partial charge in [-0.05, 0) is 36.6 Å². The minimum atomic E-state index is -0.0376. The van der Waals surface area contributed by atoms with E-state index in [-0.39, 0.29) is 11.3 Å². The highest BCUT2D eigenvalue weighted by Gasteiger charge is 2.24. The SMILES string of the molecule is O=C(NC1CC1)c1cccc(Cn2cc(-c3cccc4c(=O)cc(N5CCOCC5)[nH]c34)nn2)c1. The predicted octanol–water partition coefficient (Wildman–Crippen LogP) is 2.56. The maximum atomic E-state index is 12.9. The Morgan fingerprint density at radius 1 is 1.11 bits per heavy atom. The maximum Gasteiger partial charge on any atom is 0.251 e. The summed E-state index contributed by atoms with van der Waals surface area (Å²) in [5.74, 6) is 0.747. The van der Waals surface area contributed by atoms with Crippen LogP contribution in [0.5, 0.6) is 0 Å². The summed E-state index contributed by atoms with van der Waals surface area (Å²) in [6.45, 7) is 3.23. The molecule has 0 radical (unpaired) electrons. The number of anilines is 1. The van der Waals surface area contributed by atoms with Crippen LogP contribution in [0.25, 0.3) is 22.2 Å². The van der Waals surface area contributed by atoms with Gasteiger partial charge in [0.15, 0.2) is 5.43 Å². The lowest BCUT2D eigenvalue weighted by molar-refractivity contribution is 0.0951. The number of pyridine rings is 1. The van der Waals surface area contributed by atoms with Crippen LogP contribution in [0, 0.1) is 0 Å². The highest BCUT2D eigenvalue weighted by Crippen LogP contribution is 2.26. The van der Waals surface area contributed by atoms with Crippen molar-refractivity contribution in [1.29, 1.82) is 0 Å². The number of hydrogen-bond acceptors (Lipinski definition) is 6. The fourth-order valence-corrected chi connectivity index (χ4v) is 4.44. The number of morpholine rings is 1. The molecule has 0 spiro atoms. The molecule has 0 atom stereocenters. The Balaban J connectivity index is 1.28. The zero-order valence-corrected chi connectivity index (χ0v) is 19.2. The molecule has 1 aliphatic heterocycles. The summed E-state index contributed by atoms with van der Waals surface area (Å²) in [5.41, 5.74) is 3.82. The molecule has 2 aromatic carbocycles. The fourth-order valence-electron chi connectivity index (χ4n) is 4.44. The molecule has 2 N–H and O–H groups in total. The number of aromatic nitrogens is 4. The Hall–Kier alpha value is -3.98. The Bertz CT molecular complexity index is 1450. The molecular weight excluding hydrogens is 444 g/mol. The molecule has 1 aliphatic carbocycles. The fraction of sp³-hybridized carbons (Fsp3) is 0.308. The number of hydrogen-bond donors (Lipinski definition) is 2. The van der Waals surface area contributed by atoms with Crippen LogP contribution in [-0.2, 0) is 11.3 Å². The molecule has 1 amide bonds. The van der Waals surface area contributed by atoms with Crippen molar-refractivity contribution in [2.75, 3.05) is 31.2 Å². The number of amides is 1. The van der Waals surface area contributed by atoms with E-state index in [2.05, 4.69) is 25.5 Å². The zero-order chi connectivity index (χ0) is 23.8. The molecule has 4 aromatic rings. The van der Waals surface area contributed by atoms with Crippen molar-refractivity contribution in [1.82, 2.24) is 25.3 Å². The number of aromatic amines is 1. The number of carbonyl (C=O) groups is 1. The van der Waals surface area contributed by atoms with Gasteiger partial charge >= 0.3 is 0 Å². The molecule has 178 valence electrons. The van der Waals surface area contributed by atoms with Gasteiger partial charge in [0.1, 0.15) is 11.5 Å². The molecule has 35 heavy (non-hydrogen) atoms. The van der Waals surface area contributed by atoms with Crippen LogP contribution in [-0.4, -0.2) is 58.2 Å². The van der Waals surface area contributed by atoms with Crippen LogP contribution >= 0.6 is 0 Å². The highest BCUT2D eigenvalue weighted by molar-refractivity contribution is 5.95. The molecule has 0 bridgehead atoms. The number of benzene rings is 2. The lowest BCUT2D eigenvalue weighted by atomic mass is 10.1. The van der Waals surface area contributed by atoms with E-state index in [0.29, 0.717) is 42.4 Å². The normalized spacial score (nSPS) is 15.9. The van der Waals surface area contributed by atoms with Crippen molar-refractivity contribution in [2.45, 2.75) is 25.4 Å². The number of rotatable bonds is 6. The summed E-state index contributed by atoms with van der Waals surface area (Å²) in [6, 6.07) is 15.2. The minimum Gasteiger partial charge on any atom is -0.378 e. The van der Waals surface area contributed by atoms with Crippen molar-refractivity contribution in [3.05, 3.63) is 76.1 Å². The van der Waals surface area contributed by atoms with Crippen LogP contribution in [0.2, 0.25) is 0 Å². The van der Waals surface area contributed by atoms with Crippen LogP contribution in [0.15, 0.2) is 59.5 Å². The van der Waals surface area contributed by atoms with Crippen LogP contribution < -0.4 is 15.6 Å². The summed E-state index contributed by atoms with van der Waals surface area (Å²) in [6.07, 6.45) is 3.98. The Morgan fingerprint density at radius 2 is 1.94 bits per heavy atom. The van der Waals surface area contributed by atoms with Gasteiger partial charge in [-0.1, -0.05) is 29.5 Å². The molecule has 9 heteroatoms. The maximum absolute atomic E-state index is 12.9. The third-order valence-corrected chi connectivity index (χ3v) is 6.46. The van der Waals surface area contributed by atoms with Crippen molar-refractivity contribution >= 4 is 22.6 Å². The predicted molar refractivity (Wildman–Crippen MR) is 133 cm³/mol. The van der Waals surface area contributed by atoms with Gasteiger partial charge in [-0.25, -0.2) is 4.68 Å². The smallest absolute Gasteiger partial charge is 0.251 e. The second-order valence-electron chi connectivity index (χ2n) is 9.10. The molecule has 0 unspecified atom stereocenters. The molecule has 6 rings (SSSR count). The van der Waals surface area contributed by atoms with Gasteiger partial charge in [-0.3, -0.25) is 9.59 Å². The van der Waals surface area contributed by atoms with Crippen LogP contribution in [0.3, 0.4) is 0 Å². The number of para-hydroxylation sites is 1. The summed E-state index contributed by atoms with van der Waals surface area (Å²) in [5, 5.41) is 12.3. The molecule has 2 aromatic heterocycles. The van der Waals surface area contributed by atoms with Gasteiger partial charge in [-0.2, -0.15) is 0 Å². The second-order valence-corrected chi connectivity index (χ2v) is 9.10. The van der Waals surface area contributed by atoms with E-state index in [1.165, 1.54) is 0 Å². The van der Waals surface area contributed by atoms with Gasteiger partial charge in [0.05, 0.1) is 31.5 Å². The summed E-state index contributed by atoms with van der Waals surface area (Å²) in [7, 11) is 0. The second kappa shape index (κ2) is 8.99. The number of fused-ring (bicyclic) bond motifs is 1. The third kappa shape index (κ3) is 4.54. The first kappa shape index (κ1) is 21.5. The topological polar surface area (TPSA) is 105 Å². The quantitative estimate of drug-likeness (QED) is 0.449. The largest absolute Gasteiger partial charge is 0.378 e. The number of carbonyl (C=O) groups excluding carboxylic acids is 1. The monoisotopic (exact) mass is 470 g/mol. The lowest BCUT2D eigenvalue weighted by Crippen LogP contribution is -2.37. The van der Waals surface area contributed by atoms with E-state index < -0.39 is 0 Å². The van der Waals surface area contributed by atoms with Gasteiger partial charge in [0.2, 0.25) is 0 Å². The van der Waals surface area contributed by atoms with Gasteiger partial charge in [-0.15, -0.1) is 5.10 Å². The number of H-pyrrole nitrogens is 1. The van der Waals surface area contributed by atoms with Gasteiger partial charge in [0, 0.05) is 41.7 Å². The van der Waals surface area contributed by atoms with Crippen molar-refractivity contribution in [2.24, 2.45) is 0 Å². The summed E-state index contributed by atoms with van der Waals surface area (Å²) in [4.78, 5) is 30.9. The van der Waals surface area contributed by atoms with Gasteiger partial charge in [0.25, 0.3) is 5.91 Å². The van der Waals surface area contributed by atoms with Gasteiger partial charge < -0.3 is 19.9 Å². The Kier molecular flexibility index (Phi) is 5.54. The van der Waals surface area contributed by atoms with Crippen molar-refractivity contribution in [3.63, 3.8) is 0 Å². The molecule has 3 heterocycles. The van der Waals surface area contributed by atoms with Crippen LogP contribution in [0.1, 0.15) is 28.8 Å². The summed E-state index contributed by atoms with van der Waals surface area (Å²) >= 11 is 0. The lowest BCUT2D eigenvalue weighted by Gasteiger charge is -2.28. The molecule has 1 saturated heterocycles.